The SMILES string of the molecule is COCc1cccc(CNS(=O)(=O)c2ccc3c(c2)CCCN3C(C)=O)c1. The highest BCUT2D eigenvalue weighted by Crippen LogP contribution is 2.29. The van der Waals surface area contributed by atoms with Crippen LogP contribution in [0.1, 0.15) is 30.0 Å². The summed E-state index contributed by atoms with van der Waals surface area (Å²) in [4.78, 5) is 13.7. The zero-order valence-corrected chi connectivity index (χ0v) is 16.4. The van der Waals surface area contributed by atoms with E-state index in [1.54, 1.807) is 30.2 Å². The Bertz CT molecular complexity index is 941. The van der Waals surface area contributed by atoms with Crippen molar-refractivity contribution in [3.05, 3.63) is 59.2 Å². The third-order valence-corrected chi connectivity index (χ3v) is 6.03. The maximum atomic E-state index is 12.7. The standard InChI is InChI=1S/C20H24N2O4S/c1-15(23)22-10-4-7-18-12-19(8-9-20(18)22)27(24,25)21-13-16-5-3-6-17(11-16)14-26-2/h3,5-6,8-9,11-12,21H,4,7,10,13-14H2,1-2H3. The number of amides is 1. The fourth-order valence-electron chi connectivity index (χ4n) is 3.33. The number of nitrogens with zero attached hydrogens (tertiary/aromatic N) is 1. The van der Waals surface area contributed by atoms with Gasteiger partial charge >= 0.3 is 0 Å². The molecule has 7 heteroatoms. The van der Waals surface area contributed by atoms with E-state index in [-0.39, 0.29) is 17.3 Å². The van der Waals surface area contributed by atoms with Gasteiger partial charge in [0.25, 0.3) is 0 Å². The molecule has 6 nitrogen and oxygen atoms in total. The molecular weight excluding hydrogens is 364 g/mol. The molecule has 0 bridgehead atoms. The summed E-state index contributed by atoms with van der Waals surface area (Å²) in [5, 5.41) is 0. The molecule has 2 aromatic rings. The Morgan fingerprint density at radius 2 is 1.96 bits per heavy atom. The monoisotopic (exact) mass is 388 g/mol. The van der Waals surface area contributed by atoms with Crippen LogP contribution in [-0.4, -0.2) is 28.0 Å². The first-order valence-electron chi connectivity index (χ1n) is 8.88. The van der Waals surface area contributed by atoms with E-state index in [4.69, 9.17) is 4.74 Å². The molecule has 0 unspecified atom stereocenters. The fourth-order valence-corrected chi connectivity index (χ4v) is 4.39. The fraction of sp³-hybridized carbons (Fsp3) is 0.350. The summed E-state index contributed by atoms with van der Waals surface area (Å²) in [7, 11) is -2.02. The van der Waals surface area contributed by atoms with Gasteiger partial charge in [0.1, 0.15) is 0 Å². The maximum Gasteiger partial charge on any atom is 0.240 e. The van der Waals surface area contributed by atoms with Crippen LogP contribution >= 0.6 is 0 Å². The Labute approximate surface area is 160 Å². The number of rotatable bonds is 6. The van der Waals surface area contributed by atoms with Gasteiger partial charge in [0, 0.05) is 32.8 Å². The highest BCUT2D eigenvalue weighted by atomic mass is 32.2. The average molecular weight is 388 g/mol. The lowest BCUT2D eigenvalue weighted by atomic mass is 10.0. The third-order valence-electron chi connectivity index (χ3n) is 4.63. The van der Waals surface area contributed by atoms with Crippen LogP contribution in [0, 0.1) is 0 Å². The average Bonchev–Trinajstić information content (AvgIpc) is 2.66. The van der Waals surface area contributed by atoms with Crippen molar-refractivity contribution in [1.29, 1.82) is 0 Å². The summed E-state index contributed by atoms with van der Waals surface area (Å²) in [6, 6.07) is 12.6. The molecule has 2 aromatic carbocycles. The Kier molecular flexibility index (Phi) is 5.94. The zero-order valence-electron chi connectivity index (χ0n) is 15.6. The van der Waals surface area contributed by atoms with Crippen LogP contribution in [0.2, 0.25) is 0 Å². The van der Waals surface area contributed by atoms with E-state index in [0.717, 1.165) is 35.2 Å². The predicted octanol–water partition coefficient (Wildman–Crippen LogP) is 2.61. The van der Waals surface area contributed by atoms with Crippen molar-refractivity contribution < 1.29 is 17.9 Å². The molecule has 1 aliphatic rings. The first-order valence-corrected chi connectivity index (χ1v) is 10.4. The lowest BCUT2D eigenvalue weighted by molar-refractivity contribution is -0.116. The molecule has 0 atom stereocenters. The summed E-state index contributed by atoms with van der Waals surface area (Å²) in [6.07, 6.45) is 1.59. The molecule has 0 fully saturated rings. The van der Waals surface area contributed by atoms with Gasteiger partial charge < -0.3 is 9.64 Å². The van der Waals surface area contributed by atoms with E-state index in [1.807, 2.05) is 24.3 Å². The Balaban J connectivity index is 1.77. The number of methoxy groups -OCH3 is 1. The summed E-state index contributed by atoms with van der Waals surface area (Å²) in [6.45, 7) is 2.89. The van der Waals surface area contributed by atoms with E-state index in [0.29, 0.717) is 13.2 Å². The van der Waals surface area contributed by atoms with Gasteiger partial charge in [0.05, 0.1) is 11.5 Å². The topological polar surface area (TPSA) is 75.7 Å². The number of anilines is 1. The van der Waals surface area contributed by atoms with Crippen molar-refractivity contribution in [2.24, 2.45) is 0 Å². The Morgan fingerprint density at radius 1 is 1.19 bits per heavy atom. The van der Waals surface area contributed by atoms with Crippen LogP contribution in [-0.2, 0) is 39.1 Å². The number of carbonyl (C=O) groups excluding carboxylic acids is 1. The molecule has 1 N–H and O–H groups in total. The summed E-state index contributed by atoms with van der Waals surface area (Å²) >= 11 is 0. The molecule has 0 aromatic heterocycles. The first-order chi connectivity index (χ1) is 12.9. The molecule has 1 amide bonds. The third kappa shape index (κ3) is 4.55. The molecule has 3 rings (SSSR count). The van der Waals surface area contributed by atoms with Crippen molar-refractivity contribution in [3.63, 3.8) is 0 Å². The minimum absolute atomic E-state index is 0.0272. The zero-order chi connectivity index (χ0) is 19.4. The smallest absolute Gasteiger partial charge is 0.240 e. The van der Waals surface area contributed by atoms with Crippen molar-refractivity contribution in [3.8, 4) is 0 Å². The molecule has 144 valence electrons. The first kappa shape index (κ1) is 19.5. The highest BCUT2D eigenvalue weighted by molar-refractivity contribution is 7.89. The molecule has 0 spiro atoms. The lowest BCUT2D eigenvalue weighted by Gasteiger charge is -2.28. The van der Waals surface area contributed by atoms with E-state index >= 15 is 0 Å². The van der Waals surface area contributed by atoms with Gasteiger partial charge in [0.2, 0.25) is 15.9 Å². The number of hydrogen-bond donors (Lipinski definition) is 1. The highest BCUT2D eigenvalue weighted by Gasteiger charge is 2.23. The van der Waals surface area contributed by atoms with E-state index in [9.17, 15) is 13.2 Å². The van der Waals surface area contributed by atoms with Crippen molar-refractivity contribution in [2.45, 2.75) is 37.8 Å². The molecular formula is C20H24N2O4S. The second kappa shape index (κ2) is 8.21. The van der Waals surface area contributed by atoms with Crippen LogP contribution < -0.4 is 9.62 Å². The van der Waals surface area contributed by atoms with Crippen LogP contribution in [0.15, 0.2) is 47.4 Å². The normalized spacial score (nSPS) is 14.1. The van der Waals surface area contributed by atoms with Crippen molar-refractivity contribution in [2.75, 3.05) is 18.6 Å². The minimum atomic E-state index is -3.64. The number of aryl methyl sites for hydroxylation is 1. The second-order valence-corrected chi connectivity index (χ2v) is 8.41. The number of benzene rings is 2. The molecule has 27 heavy (non-hydrogen) atoms. The van der Waals surface area contributed by atoms with Crippen LogP contribution in [0.3, 0.4) is 0 Å². The number of fused-ring (bicyclic) bond motifs is 1. The van der Waals surface area contributed by atoms with Gasteiger partial charge in [-0.1, -0.05) is 24.3 Å². The molecule has 1 aliphatic heterocycles. The molecule has 0 aliphatic carbocycles. The van der Waals surface area contributed by atoms with Gasteiger partial charge in [-0.3, -0.25) is 4.79 Å². The lowest BCUT2D eigenvalue weighted by Crippen LogP contribution is -2.33. The molecule has 0 saturated heterocycles. The minimum Gasteiger partial charge on any atom is -0.380 e. The summed E-state index contributed by atoms with van der Waals surface area (Å²) in [5.41, 5.74) is 3.56. The van der Waals surface area contributed by atoms with Gasteiger partial charge in [-0.2, -0.15) is 0 Å². The Morgan fingerprint density at radius 3 is 2.70 bits per heavy atom. The van der Waals surface area contributed by atoms with Crippen molar-refractivity contribution >= 4 is 21.6 Å². The number of nitrogens with one attached hydrogen (secondary N) is 1. The van der Waals surface area contributed by atoms with E-state index in [2.05, 4.69) is 4.72 Å². The van der Waals surface area contributed by atoms with Gasteiger partial charge in [-0.05, 0) is 47.7 Å². The van der Waals surface area contributed by atoms with Crippen LogP contribution in [0.5, 0.6) is 0 Å². The number of sulfonamides is 1. The number of hydrogen-bond acceptors (Lipinski definition) is 4. The van der Waals surface area contributed by atoms with E-state index < -0.39 is 10.0 Å². The number of ether oxygens (including phenoxy) is 1. The predicted molar refractivity (Wildman–Crippen MR) is 104 cm³/mol. The van der Waals surface area contributed by atoms with Gasteiger partial charge in [-0.25, -0.2) is 13.1 Å². The summed E-state index contributed by atoms with van der Waals surface area (Å²) < 4.78 is 33.2. The van der Waals surface area contributed by atoms with Crippen LogP contribution in [0.4, 0.5) is 5.69 Å². The van der Waals surface area contributed by atoms with Crippen LogP contribution in [0.25, 0.3) is 0 Å². The number of carbonyl (C=O) groups is 1. The van der Waals surface area contributed by atoms with Gasteiger partial charge in [-0.15, -0.1) is 0 Å². The largest absolute Gasteiger partial charge is 0.380 e. The quantitative estimate of drug-likeness (QED) is 0.825. The molecule has 0 radical (unpaired) electrons. The second-order valence-electron chi connectivity index (χ2n) is 6.64. The Hall–Kier alpha value is -2.22. The molecule has 0 saturated carbocycles. The maximum absolute atomic E-state index is 12.7. The summed E-state index contributed by atoms with van der Waals surface area (Å²) in [5.74, 6) is -0.0272. The van der Waals surface area contributed by atoms with Gasteiger partial charge in [0.15, 0.2) is 0 Å². The molecule has 1 heterocycles. The van der Waals surface area contributed by atoms with E-state index in [1.165, 1.54) is 6.92 Å². The van der Waals surface area contributed by atoms with Crippen molar-refractivity contribution in [1.82, 2.24) is 4.72 Å².